The molecule has 0 unspecified atom stereocenters. The number of benzene rings is 1. The van der Waals surface area contributed by atoms with Gasteiger partial charge in [-0.15, -0.1) is 0 Å². The topological polar surface area (TPSA) is 28.4 Å². The molecule has 1 aromatic carbocycles. The lowest BCUT2D eigenvalue weighted by Crippen LogP contribution is -2.21. The summed E-state index contributed by atoms with van der Waals surface area (Å²) in [4.78, 5) is 2.21. The van der Waals surface area contributed by atoms with Crippen molar-refractivity contribution >= 4 is 11.6 Å². The number of hydrogen-bond acceptors (Lipinski definition) is 3. The van der Waals surface area contributed by atoms with Crippen molar-refractivity contribution in [3.63, 3.8) is 0 Å². The van der Waals surface area contributed by atoms with E-state index in [9.17, 15) is 0 Å². The Labute approximate surface area is 131 Å². The predicted molar refractivity (Wildman–Crippen MR) is 87.3 cm³/mol. The molecule has 0 bridgehead atoms. The summed E-state index contributed by atoms with van der Waals surface area (Å²) in [7, 11) is 2.08. The molecule has 0 aliphatic carbocycles. The highest BCUT2D eigenvalue weighted by Crippen LogP contribution is 2.15. The Balaban J connectivity index is 1.86. The molecule has 1 N–H and O–H groups in total. The Bertz CT molecular complexity index is 565. The molecule has 0 atom stereocenters. The molecule has 1 heterocycles. The second-order valence-electron chi connectivity index (χ2n) is 5.76. The van der Waals surface area contributed by atoms with Crippen molar-refractivity contribution < 1.29 is 4.42 Å². The van der Waals surface area contributed by atoms with Crippen molar-refractivity contribution in [3.8, 4) is 0 Å². The van der Waals surface area contributed by atoms with Gasteiger partial charge >= 0.3 is 0 Å². The van der Waals surface area contributed by atoms with Gasteiger partial charge in [-0.3, -0.25) is 4.90 Å². The zero-order valence-corrected chi connectivity index (χ0v) is 13.7. The molecule has 114 valence electrons. The lowest BCUT2D eigenvalue weighted by Gasteiger charge is -2.15. The zero-order chi connectivity index (χ0) is 15.2. The number of furan rings is 1. The van der Waals surface area contributed by atoms with Crippen molar-refractivity contribution in [2.75, 3.05) is 7.05 Å². The van der Waals surface area contributed by atoms with E-state index in [1.54, 1.807) is 0 Å². The van der Waals surface area contributed by atoms with E-state index < -0.39 is 0 Å². The van der Waals surface area contributed by atoms with Crippen LogP contribution in [0.1, 0.15) is 30.7 Å². The number of rotatable bonds is 7. The summed E-state index contributed by atoms with van der Waals surface area (Å²) in [6.07, 6.45) is 1.83. The van der Waals surface area contributed by atoms with E-state index in [1.165, 1.54) is 11.1 Å². The molecule has 0 spiro atoms. The fourth-order valence-electron chi connectivity index (χ4n) is 2.19. The van der Waals surface area contributed by atoms with Gasteiger partial charge in [-0.25, -0.2) is 0 Å². The molecule has 3 nitrogen and oxygen atoms in total. The maximum Gasteiger partial charge on any atom is 0.118 e. The first-order valence-electron chi connectivity index (χ1n) is 7.25. The molecule has 4 heteroatoms. The second-order valence-corrected chi connectivity index (χ2v) is 6.20. The minimum Gasteiger partial charge on any atom is -0.468 e. The van der Waals surface area contributed by atoms with Gasteiger partial charge in [0.25, 0.3) is 0 Å². The Morgan fingerprint density at radius 1 is 1.19 bits per heavy atom. The van der Waals surface area contributed by atoms with Gasteiger partial charge < -0.3 is 9.73 Å². The Kier molecular flexibility index (Phi) is 5.85. The molecule has 0 saturated heterocycles. The summed E-state index contributed by atoms with van der Waals surface area (Å²) in [5, 5.41) is 4.16. The second kappa shape index (κ2) is 7.64. The van der Waals surface area contributed by atoms with Gasteiger partial charge in [0.2, 0.25) is 0 Å². The van der Waals surface area contributed by atoms with Gasteiger partial charge in [0.1, 0.15) is 5.76 Å². The van der Waals surface area contributed by atoms with E-state index in [0.29, 0.717) is 6.04 Å². The van der Waals surface area contributed by atoms with Crippen molar-refractivity contribution in [1.29, 1.82) is 0 Å². The summed E-state index contributed by atoms with van der Waals surface area (Å²) in [5.74, 6) is 0.986. The third kappa shape index (κ3) is 5.54. The summed E-state index contributed by atoms with van der Waals surface area (Å²) < 4.78 is 5.62. The van der Waals surface area contributed by atoms with Crippen molar-refractivity contribution in [1.82, 2.24) is 10.2 Å². The van der Waals surface area contributed by atoms with Gasteiger partial charge in [-0.1, -0.05) is 37.6 Å². The maximum atomic E-state index is 6.01. The fourth-order valence-corrected chi connectivity index (χ4v) is 2.41. The van der Waals surface area contributed by atoms with Crippen LogP contribution in [-0.4, -0.2) is 18.0 Å². The summed E-state index contributed by atoms with van der Waals surface area (Å²) in [6.45, 7) is 6.76. The quantitative estimate of drug-likeness (QED) is 0.836. The summed E-state index contributed by atoms with van der Waals surface area (Å²) in [6, 6.07) is 10.6. The number of hydrogen-bond donors (Lipinski definition) is 1. The van der Waals surface area contributed by atoms with Gasteiger partial charge in [0.15, 0.2) is 0 Å². The SMILES string of the molecule is CC(C)NCc1coc(CN(C)Cc2cccc(Cl)c2)c1. The molecule has 1 aromatic heterocycles. The van der Waals surface area contributed by atoms with Gasteiger partial charge in [-0.2, -0.15) is 0 Å². The van der Waals surface area contributed by atoms with Gasteiger partial charge in [0.05, 0.1) is 12.8 Å². The predicted octanol–water partition coefficient (Wildman–Crippen LogP) is 4.06. The number of nitrogens with zero attached hydrogens (tertiary/aromatic N) is 1. The minimum atomic E-state index is 0.480. The summed E-state index contributed by atoms with van der Waals surface area (Å²) >= 11 is 6.01. The fraction of sp³-hybridized carbons (Fsp3) is 0.412. The van der Waals surface area contributed by atoms with E-state index in [0.717, 1.165) is 30.4 Å². The van der Waals surface area contributed by atoms with Crippen LogP contribution in [0.4, 0.5) is 0 Å². The van der Waals surface area contributed by atoms with Crippen LogP contribution in [0.15, 0.2) is 41.0 Å². The van der Waals surface area contributed by atoms with E-state index in [4.69, 9.17) is 16.0 Å². The average Bonchev–Trinajstić information content (AvgIpc) is 2.83. The number of nitrogens with one attached hydrogen (secondary N) is 1. The first-order valence-corrected chi connectivity index (χ1v) is 7.63. The Morgan fingerprint density at radius 2 is 2.00 bits per heavy atom. The van der Waals surface area contributed by atoms with Crippen LogP contribution in [-0.2, 0) is 19.6 Å². The Morgan fingerprint density at radius 3 is 2.71 bits per heavy atom. The first-order chi connectivity index (χ1) is 10.0. The van der Waals surface area contributed by atoms with Crippen LogP contribution in [0.5, 0.6) is 0 Å². The highest BCUT2D eigenvalue weighted by molar-refractivity contribution is 6.30. The maximum absolute atomic E-state index is 6.01. The van der Waals surface area contributed by atoms with Crippen molar-refractivity contribution in [2.24, 2.45) is 0 Å². The van der Waals surface area contributed by atoms with Crippen molar-refractivity contribution in [3.05, 3.63) is 58.5 Å². The summed E-state index contributed by atoms with van der Waals surface area (Å²) in [5.41, 5.74) is 2.40. The third-order valence-electron chi connectivity index (χ3n) is 3.19. The molecule has 0 saturated carbocycles. The van der Waals surface area contributed by atoms with Crippen LogP contribution in [0.25, 0.3) is 0 Å². The normalized spacial score (nSPS) is 11.5. The van der Waals surface area contributed by atoms with Crippen LogP contribution in [0, 0.1) is 0 Å². The largest absolute Gasteiger partial charge is 0.468 e. The van der Waals surface area contributed by atoms with E-state index in [2.05, 4.69) is 43.2 Å². The molecule has 0 fully saturated rings. The standard InChI is InChI=1S/C17H23ClN2O/c1-13(2)19-9-15-8-17(21-12-15)11-20(3)10-14-5-4-6-16(18)7-14/h4-8,12-13,19H,9-11H2,1-3H3. The molecular formula is C17H23ClN2O. The van der Waals surface area contributed by atoms with E-state index in [1.807, 2.05) is 24.5 Å². The lowest BCUT2D eigenvalue weighted by molar-refractivity contribution is 0.288. The molecule has 0 amide bonds. The van der Waals surface area contributed by atoms with Crippen LogP contribution in [0.3, 0.4) is 0 Å². The molecule has 0 radical (unpaired) electrons. The lowest BCUT2D eigenvalue weighted by atomic mass is 10.2. The van der Waals surface area contributed by atoms with Gasteiger partial charge in [-0.05, 0) is 30.8 Å². The number of halogens is 1. The van der Waals surface area contributed by atoms with Crippen LogP contribution < -0.4 is 5.32 Å². The average molecular weight is 307 g/mol. The van der Waals surface area contributed by atoms with Crippen molar-refractivity contribution in [2.45, 2.75) is 39.5 Å². The van der Waals surface area contributed by atoms with Crippen LogP contribution in [0.2, 0.25) is 5.02 Å². The molecule has 0 aliphatic rings. The van der Waals surface area contributed by atoms with Gasteiger partial charge in [0, 0.05) is 29.7 Å². The highest BCUT2D eigenvalue weighted by atomic mass is 35.5. The highest BCUT2D eigenvalue weighted by Gasteiger charge is 2.07. The third-order valence-corrected chi connectivity index (χ3v) is 3.42. The van der Waals surface area contributed by atoms with E-state index in [-0.39, 0.29) is 0 Å². The molecular weight excluding hydrogens is 284 g/mol. The Hall–Kier alpha value is -1.29. The smallest absolute Gasteiger partial charge is 0.118 e. The van der Waals surface area contributed by atoms with Crippen LogP contribution >= 0.6 is 11.6 Å². The molecule has 0 aliphatic heterocycles. The van der Waals surface area contributed by atoms with E-state index >= 15 is 0 Å². The zero-order valence-electron chi connectivity index (χ0n) is 12.9. The molecule has 2 rings (SSSR count). The minimum absolute atomic E-state index is 0.480. The molecule has 2 aromatic rings. The monoisotopic (exact) mass is 306 g/mol. The molecule has 21 heavy (non-hydrogen) atoms. The first kappa shape index (κ1) is 16.1.